The number of phenols is 1. The van der Waals surface area contributed by atoms with Crippen molar-refractivity contribution in [2.45, 2.75) is 18.6 Å². The summed E-state index contributed by atoms with van der Waals surface area (Å²) in [4.78, 5) is 10.6. The molecule has 12 heteroatoms. The van der Waals surface area contributed by atoms with Gasteiger partial charge in [0.05, 0.1) is 17.0 Å². The lowest BCUT2D eigenvalue weighted by Gasteiger charge is -2.32. The molecule has 0 fully saturated rings. The Morgan fingerprint density at radius 1 is 1.17 bits per heavy atom. The minimum atomic E-state index is -5.15. The van der Waals surface area contributed by atoms with E-state index in [9.17, 15) is 27.1 Å². The van der Waals surface area contributed by atoms with Crippen LogP contribution in [0.25, 0.3) is 22.3 Å². The minimum Gasteiger partial charge on any atom is -0.503 e. The molecule has 7 nitrogen and oxygen atoms in total. The number of anilines is 1. The largest absolute Gasteiger partial charge is 0.503 e. The molecule has 3 heterocycles. The van der Waals surface area contributed by atoms with Gasteiger partial charge in [-0.05, 0) is 24.1 Å². The molecular formula is C23H18F5N5O2. The molecule has 1 N–H and O–H groups in total. The molecule has 0 saturated carbocycles. The van der Waals surface area contributed by atoms with E-state index in [2.05, 4.69) is 15.1 Å². The number of aromatic hydroxyl groups is 1. The zero-order chi connectivity index (χ0) is 25.1. The average Bonchev–Trinajstić information content (AvgIpc) is 3.16. The van der Waals surface area contributed by atoms with Gasteiger partial charge in [-0.3, -0.25) is 0 Å². The summed E-state index contributed by atoms with van der Waals surface area (Å²) in [5.74, 6) is -4.26. The average molecular weight is 491 g/mol. The van der Waals surface area contributed by atoms with E-state index in [1.807, 2.05) is 29.2 Å². The Bertz CT molecular complexity index is 1450. The SMILES string of the molecule is CN(c1ncc2c(-c3cc(C(F)(F)F)c(F)c(O)c3F)nn(C)c2n1)[C@@H]1COc2ccccc2C1. The molecule has 0 unspecified atom stereocenters. The smallest absolute Gasteiger partial charge is 0.419 e. The van der Waals surface area contributed by atoms with Crippen LogP contribution in [0.4, 0.5) is 27.9 Å². The zero-order valence-electron chi connectivity index (χ0n) is 18.4. The van der Waals surface area contributed by atoms with Crippen molar-refractivity contribution in [1.82, 2.24) is 19.7 Å². The fraction of sp³-hybridized carbons (Fsp3) is 0.261. The van der Waals surface area contributed by atoms with Crippen LogP contribution in [-0.4, -0.2) is 44.6 Å². The monoisotopic (exact) mass is 491 g/mol. The van der Waals surface area contributed by atoms with Gasteiger partial charge in [-0.2, -0.15) is 23.3 Å². The molecule has 5 rings (SSSR count). The number of halogens is 5. The molecule has 0 radical (unpaired) electrons. The second kappa shape index (κ2) is 8.07. The van der Waals surface area contributed by atoms with Crippen LogP contribution in [0.2, 0.25) is 0 Å². The number of likely N-dealkylation sites (N-methyl/N-ethyl adjacent to an activating group) is 1. The lowest BCUT2D eigenvalue weighted by molar-refractivity contribution is -0.140. The van der Waals surface area contributed by atoms with Crippen LogP contribution in [0, 0.1) is 11.6 Å². The minimum absolute atomic E-state index is 0.0871. The number of benzene rings is 2. The van der Waals surface area contributed by atoms with Gasteiger partial charge in [-0.15, -0.1) is 0 Å². The Labute approximate surface area is 195 Å². The number of para-hydroxylation sites is 1. The highest BCUT2D eigenvalue weighted by Gasteiger charge is 2.38. The van der Waals surface area contributed by atoms with E-state index in [4.69, 9.17) is 4.74 Å². The van der Waals surface area contributed by atoms with Gasteiger partial charge in [0.15, 0.2) is 23.0 Å². The first-order valence-electron chi connectivity index (χ1n) is 10.5. The van der Waals surface area contributed by atoms with Crippen LogP contribution in [0.15, 0.2) is 36.5 Å². The molecule has 182 valence electrons. The third kappa shape index (κ3) is 3.78. The predicted octanol–water partition coefficient (Wildman–Crippen LogP) is 4.47. The molecule has 0 amide bonds. The summed E-state index contributed by atoms with van der Waals surface area (Å²) in [5, 5.41) is 13.9. The first-order chi connectivity index (χ1) is 16.6. The number of hydrogen-bond acceptors (Lipinski definition) is 6. The highest BCUT2D eigenvalue weighted by molar-refractivity contribution is 5.91. The maximum Gasteiger partial charge on any atom is 0.419 e. The molecule has 0 spiro atoms. The van der Waals surface area contributed by atoms with E-state index in [0.29, 0.717) is 19.0 Å². The Morgan fingerprint density at radius 3 is 2.66 bits per heavy atom. The number of phenolic OH excluding ortho intramolecular Hbond substituents is 1. The van der Waals surface area contributed by atoms with Crippen LogP contribution in [0.1, 0.15) is 11.1 Å². The van der Waals surface area contributed by atoms with Gasteiger partial charge in [-0.25, -0.2) is 18.4 Å². The summed E-state index contributed by atoms with van der Waals surface area (Å²) in [6.07, 6.45) is -3.16. The van der Waals surface area contributed by atoms with Crippen molar-refractivity contribution in [3.63, 3.8) is 0 Å². The van der Waals surface area contributed by atoms with Crippen LogP contribution >= 0.6 is 0 Å². The van der Waals surface area contributed by atoms with Gasteiger partial charge < -0.3 is 14.7 Å². The lowest BCUT2D eigenvalue weighted by Crippen LogP contribution is -2.41. The topological polar surface area (TPSA) is 76.3 Å². The molecule has 2 aromatic carbocycles. The number of hydrogen-bond donors (Lipinski definition) is 1. The number of fused-ring (bicyclic) bond motifs is 2. The van der Waals surface area contributed by atoms with Crippen molar-refractivity contribution in [3.8, 4) is 22.8 Å². The molecule has 1 aliphatic rings. The third-order valence-electron chi connectivity index (χ3n) is 6.03. The van der Waals surface area contributed by atoms with Crippen LogP contribution in [-0.2, 0) is 19.6 Å². The standard InChI is InChI=1S/C23H18F5N5O2/c1-32(12-7-11-5-3-4-6-16(11)35-10-12)22-29-9-14-19(31-33(2)21(14)30-22)13-8-15(23(26,27)28)18(25)20(34)17(13)24/h3-6,8-9,12,34H,7,10H2,1-2H3/t12-/m0/s1. The van der Waals surface area contributed by atoms with Crippen molar-refractivity contribution < 1.29 is 31.8 Å². The Hall–Kier alpha value is -3.96. The first-order valence-corrected chi connectivity index (χ1v) is 10.5. The highest BCUT2D eigenvalue weighted by atomic mass is 19.4. The summed E-state index contributed by atoms with van der Waals surface area (Å²) >= 11 is 0. The second-order valence-corrected chi connectivity index (χ2v) is 8.21. The predicted molar refractivity (Wildman–Crippen MR) is 116 cm³/mol. The van der Waals surface area contributed by atoms with Crippen molar-refractivity contribution in [1.29, 1.82) is 0 Å². The zero-order valence-corrected chi connectivity index (χ0v) is 18.4. The second-order valence-electron chi connectivity index (χ2n) is 8.21. The maximum absolute atomic E-state index is 14.7. The molecule has 1 atom stereocenters. The molecule has 0 saturated heterocycles. The Balaban J connectivity index is 1.55. The number of aryl methyl sites for hydroxylation is 1. The van der Waals surface area contributed by atoms with E-state index < -0.39 is 34.7 Å². The summed E-state index contributed by atoms with van der Waals surface area (Å²) in [6.45, 7) is 0.395. The summed E-state index contributed by atoms with van der Waals surface area (Å²) in [7, 11) is 3.27. The van der Waals surface area contributed by atoms with E-state index in [1.54, 1.807) is 7.05 Å². The molecule has 2 aromatic heterocycles. The van der Waals surface area contributed by atoms with Crippen LogP contribution < -0.4 is 9.64 Å². The molecule has 0 bridgehead atoms. The van der Waals surface area contributed by atoms with Crippen molar-refractivity contribution in [2.75, 3.05) is 18.6 Å². The maximum atomic E-state index is 14.7. The van der Waals surface area contributed by atoms with Gasteiger partial charge >= 0.3 is 6.18 Å². The molecule has 35 heavy (non-hydrogen) atoms. The Kier molecular flexibility index (Phi) is 5.26. The van der Waals surface area contributed by atoms with Gasteiger partial charge in [-0.1, -0.05) is 18.2 Å². The number of rotatable bonds is 3. The fourth-order valence-corrected chi connectivity index (χ4v) is 4.12. The van der Waals surface area contributed by atoms with E-state index >= 15 is 0 Å². The number of ether oxygens (including phenoxy) is 1. The van der Waals surface area contributed by atoms with E-state index in [-0.39, 0.29) is 28.8 Å². The molecule has 0 aliphatic carbocycles. The Morgan fingerprint density at radius 2 is 1.91 bits per heavy atom. The summed E-state index contributed by atoms with van der Waals surface area (Å²) < 4.78 is 75.4. The van der Waals surface area contributed by atoms with E-state index in [1.165, 1.54) is 17.9 Å². The summed E-state index contributed by atoms with van der Waals surface area (Å²) in [6, 6.07) is 7.86. The molecular weight excluding hydrogens is 473 g/mol. The normalized spacial score (nSPS) is 15.7. The number of aromatic nitrogens is 4. The highest BCUT2D eigenvalue weighted by Crippen LogP contribution is 2.41. The van der Waals surface area contributed by atoms with Crippen LogP contribution in [0.3, 0.4) is 0 Å². The van der Waals surface area contributed by atoms with Gasteiger partial charge in [0.2, 0.25) is 5.95 Å². The molecule has 4 aromatic rings. The van der Waals surface area contributed by atoms with Crippen molar-refractivity contribution >= 4 is 17.0 Å². The van der Waals surface area contributed by atoms with Gasteiger partial charge in [0, 0.05) is 25.9 Å². The third-order valence-corrected chi connectivity index (χ3v) is 6.03. The van der Waals surface area contributed by atoms with Gasteiger partial charge in [0.1, 0.15) is 18.1 Å². The quantitative estimate of drug-likeness (QED) is 0.426. The lowest BCUT2D eigenvalue weighted by atomic mass is 10.0. The van der Waals surface area contributed by atoms with Gasteiger partial charge in [0.25, 0.3) is 0 Å². The number of alkyl halides is 3. The van der Waals surface area contributed by atoms with Crippen molar-refractivity contribution in [2.24, 2.45) is 7.05 Å². The summed E-state index contributed by atoms with van der Waals surface area (Å²) in [5.41, 5.74) is -1.54. The van der Waals surface area contributed by atoms with Crippen molar-refractivity contribution in [3.05, 3.63) is 59.3 Å². The fourth-order valence-electron chi connectivity index (χ4n) is 4.12. The molecule has 1 aliphatic heterocycles. The number of nitrogens with zero attached hydrogens (tertiary/aromatic N) is 5. The van der Waals surface area contributed by atoms with E-state index in [0.717, 1.165) is 11.3 Å². The first kappa shape index (κ1) is 22.8. The van der Waals surface area contributed by atoms with Crippen LogP contribution in [0.5, 0.6) is 11.5 Å².